The third-order valence-corrected chi connectivity index (χ3v) is 3.38. The van der Waals surface area contributed by atoms with Gasteiger partial charge in [-0.2, -0.15) is 0 Å². The number of fused-ring (bicyclic) bond motifs is 1. The van der Waals surface area contributed by atoms with Gasteiger partial charge in [-0.25, -0.2) is 0 Å². The Hall–Kier alpha value is -1.54. The summed E-state index contributed by atoms with van der Waals surface area (Å²) in [5, 5.41) is 4.48. The Morgan fingerprint density at radius 1 is 1.39 bits per heavy atom. The van der Waals surface area contributed by atoms with Gasteiger partial charge in [0, 0.05) is 5.39 Å². The van der Waals surface area contributed by atoms with Crippen molar-refractivity contribution in [1.82, 2.24) is 5.32 Å². The largest absolute Gasteiger partial charge is 0.459 e. The van der Waals surface area contributed by atoms with Crippen LogP contribution in [-0.4, -0.2) is 7.05 Å². The van der Waals surface area contributed by atoms with Crippen LogP contribution in [-0.2, 0) is 0 Å². The summed E-state index contributed by atoms with van der Waals surface area (Å²) in [6, 6.07) is 8.62. The molecule has 2 nitrogen and oxygen atoms in total. The van der Waals surface area contributed by atoms with Crippen LogP contribution in [0, 0.1) is 6.92 Å². The number of nitrogens with one attached hydrogen (secondary N) is 1. The first-order valence-corrected chi connectivity index (χ1v) is 6.48. The smallest absolute Gasteiger partial charge is 0.134 e. The van der Waals surface area contributed by atoms with Gasteiger partial charge >= 0.3 is 0 Å². The zero-order chi connectivity index (χ0) is 13.1. The summed E-state index contributed by atoms with van der Waals surface area (Å²) >= 11 is 0. The Balaban J connectivity index is 2.30. The highest BCUT2D eigenvalue weighted by Crippen LogP contribution is 2.28. The topological polar surface area (TPSA) is 25.2 Å². The lowest BCUT2D eigenvalue weighted by molar-refractivity contribution is 0.448. The van der Waals surface area contributed by atoms with Crippen LogP contribution in [0.15, 0.2) is 40.8 Å². The number of benzene rings is 1. The zero-order valence-electron chi connectivity index (χ0n) is 11.4. The molecule has 0 saturated heterocycles. The molecule has 1 heterocycles. The number of hydrogen-bond donors (Lipinski definition) is 1. The first kappa shape index (κ1) is 12.9. The van der Waals surface area contributed by atoms with Crippen LogP contribution in [0.2, 0.25) is 0 Å². The summed E-state index contributed by atoms with van der Waals surface area (Å²) in [4.78, 5) is 0. The summed E-state index contributed by atoms with van der Waals surface area (Å²) in [5.41, 5.74) is 3.46. The molecule has 0 aliphatic carbocycles. The Labute approximate surface area is 109 Å². The van der Waals surface area contributed by atoms with Crippen molar-refractivity contribution in [3.8, 4) is 0 Å². The first-order valence-electron chi connectivity index (χ1n) is 6.48. The third kappa shape index (κ3) is 2.65. The van der Waals surface area contributed by atoms with E-state index in [2.05, 4.69) is 43.9 Å². The summed E-state index contributed by atoms with van der Waals surface area (Å²) < 4.78 is 5.92. The van der Waals surface area contributed by atoms with Crippen LogP contribution in [0.3, 0.4) is 0 Å². The second-order valence-corrected chi connectivity index (χ2v) is 4.84. The van der Waals surface area contributed by atoms with Crippen LogP contribution in [0.1, 0.15) is 37.1 Å². The normalized spacial score (nSPS) is 12.8. The zero-order valence-corrected chi connectivity index (χ0v) is 11.4. The van der Waals surface area contributed by atoms with E-state index in [9.17, 15) is 0 Å². The second-order valence-electron chi connectivity index (χ2n) is 4.84. The third-order valence-electron chi connectivity index (χ3n) is 3.38. The molecule has 0 fully saturated rings. The van der Waals surface area contributed by atoms with E-state index in [-0.39, 0.29) is 6.04 Å². The predicted octanol–water partition coefficient (Wildman–Crippen LogP) is 4.36. The van der Waals surface area contributed by atoms with Gasteiger partial charge in [-0.05, 0) is 45.0 Å². The fraction of sp³-hybridized carbons (Fsp3) is 0.375. The maximum atomic E-state index is 5.92. The molecule has 0 bridgehead atoms. The first-order chi connectivity index (χ1) is 8.63. The maximum absolute atomic E-state index is 5.92. The lowest BCUT2D eigenvalue weighted by Gasteiger charge is -2.14. The van der Waals surface area contributed by atoms with Gasteiger partial charge in [0.25, 0.3) is 0 Å². The molecule has 0 aliphatic heterocycles. The molecule has 0 saturated carbocycles. The molecule has 0 amide bonds. The summed E-state index contributed by atoms with van der Waals surface area (Å²) in [5.74, 6) is 0.993. The van der Waals surface area contributed by atoms with E-state index < -0.39 is 0 Å². The maximum Gasteiger partial charge on any atom is 0.134 e. The van der Waals surface area contributed by atoms with Crippen molar-refractivity contribution >= 4 is 11.0 Å². The molecule has 96 valence electrons. The van der Waals surface area contributed by atoms with Crippen LogP contribution in [0.25, 0.3) is 11.0 Å². The van der Waals surface area contributed by atoms with Crippen molar-refractivity contribution in [2.45, 2.75) is 32.7 Å². The van der Waals surface area contributed by atoms with Crippen LogP contribution >= 0.6 is 0 Å². The molecule has 0 spiro atoms. The van der Waals surface area contributed by atoms with Crippen molar-refractivity contribution in [3.63, 3.8) is 0 Å². The monoisotopic (exact) mass is 243 g/mol. The van der Waals surface area contributed by atoms with Gasteiger partial charge in [-0.1, -0.05) is 30.7 Å². The number of rotatable bonds is 5. The van der Waals surface area contributed by atoms with E-state index in [0.29, 0.717) is 0 Å². The molecule has 1 aromatic carbocycles. The van der Waals surface area contributed by atoms with Gasteiger partial charge in [-0.3, -0.25) is 0 Å². The fourth-order valence-electron chi connectivity index (χ4n) is 2.13. The van der Waals surface area contributed by atoms with Crippen LogP contribution in [0.5, 0.6) is 0 Å². The second kappa shape index (κ2) is 5.40. The molecule has 1 unspecified atom stereocenters. The quantitative estimate of drug-likeness (QED) is 0.789. The summed E-state index contributed by atoms with van der Waals surface area (Å²) in [6.07, 6.45) is 1.93. The average Bonchev–Trinajstić information content (AvgIpc) is 2.78. The standard InChI is InChI=1S/C16H21NO/c1-5-11(2)9-14(17-4)16-10-13-8-12(3)6-7-15(13)18-16/h6-8,10,14,17H,2,5,9H2,1,3-4H3. The lowest BCUT2D eigenvalue weighted by atomic mass is 10.0. The highest BCUT2D eigenvalue weighted by molar-refractivity contribution is 5.78. The summed E-state index contributed by atoms with van der Waals surface area (Å²) in [7, 11) is 1.96. The van der Waals surface area contributed by atoms with Gasteiger partial charge in [0.2, 0.25) is 0 Å². The predicted molar refractivity (Wildman–Crippen MR) is 76.8 cm³/mol. The van der Waals surface area contributed by atoms with Gasteiger partial charge in [0.1, 0.15) is 11.3 Å². The molecule has 1 N–H and O–H groups in total. The van der Waals surface area contributed by atoms with Gasteiger partial charge < -0.3 is 9.73 Å². The molecule has 1 aromatic heterocycles. The molecule has 2 heteroatoms. The average molecular weight is 243 g/mol. The minimum absolute atomic E-state index is 0.213. The van der Waals surface area contributed by atoms with Gasteiger partial charge in [0.05, 0.1) is 6.04 Å². The van der Waals surface area contributed by atoms with Crippen molar-refractivity contribution in [3.05, 3.63) is 47.7 Å². The molecule has 2 aromatic rings. The summed E-state index contributed by atoms with van der Waals surface area (Å²) in [6.45, 7) is 8.31. The minimum Gasteiger partial charge on any atom is -0.459 e. The van der Waals surface area contributed by atoms with E-state index in [0.717, 1.165) is 24.2 Å². The van der Waals surface area contributed by atoms with Crippen LogP contribution < -0.4 is 5.32 Å². The Morgan fingerprint density at radius 3 is 2.83 bits per heavy atom. The fourth-order valence-corrected chi connectivity index (χ4v) is 2.13. The van der Waals surface area contributed by atoms with E-state index in [1.165, 1.54) is 16.5 Å². The van der Waals surface area contributed by atoms with Crippen molar-refractivity contribution < 1.29 is 4.42 Å². The number of furan rings is 1. The molecule has 0 radical (unpaired) electrons. The minimum atomic E-state index is 0.213. The van der Waals surface area contributed by atoms with Crippen molar-refractivity contribution in [1.29, 1.82) is 0 Å². The van der Waals surface area contributed by atoms with E-state index >= 15 is 0 Å². The highest BCUT2D eigenvalue weighted by Gasteiger charge is 2.15. The molecular weight excluding hydrogens is 222 g/mol. The highest BCUT2D eigenvalue weighted by atomic mass is 16.3. The Kier molecular flexibility index (Phi) is 3.87. The number of hydrogen-bond acceptors (Lipinski definition) is 2. The van der Waals surface area contributed by atoms with Crippen molar-refractivity contribution in [2.75, 3.05) is 7.05 Å². The van der Waals surface area contributed by atoms with Crippen LogP contribution in [0.4, 0.5) is 0 Å². The van der Waals surface area contributed by atoms with E-state index in [1.54, 1.807) is 0 Å². The van der Waals surface area contributed by atoms with Crippen molar-refractivity contribution in [2.24, 2.45) is 0 Å². The van der Waals surface area contributed by atoms with Gasteiger partial charge in [0.15, 0.2) is 0 Å². The molecular formula is C16H21NO. The molecule has 1 atom stereocenters. The Morgan fingerprint density at radius 2 is 2.17 bits per heavy atom. The van der Waals surface area contributed by atoms with E-state index in [4.69, 9.17) is 4.42 Å². The van der Waals surface area contributed by atoms with E-state index in [1.807, 2.05) is 13.1 Å². The van der Waals surface area contributed by atoms with Gasteiger partial charge in [-0.15, -0.1) is 0 Å². The molecule has 18 heavy (non-hydrogen) atoms. The molecule has 0 aliphatic rings. The molecule has 2 rings (SSSR count). The number of aryl methyl sites for hydroxylation is 1. The SMILES string of the molecule is C=C(CC)CC(NC)c1cc2cc(C)ccc2o1. The Bertz CT molecular complexity index is 553. The lowest BCUT2D eigenvalue weighted by Crippen LogP contribution is -2.16.